The Kier molecular flexibility index (Phi) is 6.47. The first-order chi connectivity index (χ1) is 13.1. The average Bonchev–Trinajstić information content (AvgIpc) is 2.69. The summed E-state index contributed by atoms with van der Waals surface area (Å²) in [6.07, 6.45) is 3.47. The fourth-order valence-electron chi connectivity index (χ4n) is 3.16. The van der Waals surface area contributed by atoms with Gasteiger partial charge < -0.3 is 14.5 Å². The smallest absolute Gasteiger partial charge is 0.236 e. The van der Waals surface area contributed by atoms with E-state index in [-0.39, 0.29) is 5.91 Å². The molecule has 1 amide bonds. The molecule has 0 bridgehead atoms. The van der Waals surface area contributed by atoms with Gasteiger partial charge in [0.05, 0.1) is 13.7 Å². The number of ether oxygens (including phenoxy) is 1. The molecule has 7 nitrogen and oxygen atoms in total. The van der Waals surface area contributed by atoms with Crippen molar-refractivity contribution >= 4 is 23.5 Å². The van der Waals surface area contributed by atoms with Crippen LogP contribution in [-0.2, 0) is 11.3 Å². The van der Waals surface area contributed by atoms with Gasteiger partial charge in [0.1, 0.15) is 5.75 Å². The van der Waals surface area contributed by atoms with Crippen LogP contribution in [0.15, 0.2) is 36.7 Å². The molecule has 0 unspecified atom stereocenters. The summed E-state index contributed by atoms with van der Waals surface area (Å²) in [7, 11) is 3.56. The number of aromatic nitrogens is 2. The summed E-state index contributed by atoms with van der Waals surface area (Å²) in [5.74, 6) is 1.61. The lowest BCUT2D eigenvalue weighted by Crippen LogP contribution is -2.51. The second-order valence-corrected chi connectivity index (χ2v) is 6.98. The minimum Gasteiger partial charge on any atom is -0.496 e. The highest BCUT2D eigenvalue weighted by atomic mass is 35.5. The van der Waals surface area contributed by atoms with E-state index in [0.29, 0.717) is 31.2 Å². The van der Waals surface area contributed by atoms with Crippen LogP contribution in [0.3, 0.4) is 0 Å². The van der Waals surface area contributed by atoms with Crippen molar-refractivity contribution in [3.8, 4) is 5.75 Å². The van der Waals surface area contributed by atoms with Gasteiger partial charge in [0.2, 0.25) is 11.9 Å². The van der Waals surface area contributed by atoms with E-state index in [1.54, 1.807) is 31.6 Å². The first-order valence-corrected chi connectivity index (χ1v) is 9.25. The maximum absolute atomic E-state index is 12.6. The molecule has 0 saturated carbocycles. The molecule has 2 aromatic rings. The number of hydrogen-bond donors (Lipinski definition) is 0. The minimum absolute atomic E-state index is 0.118. The molecule has 1 aliphatic heterocycles. The number of methoxy groups -OCH3 is 1. The maximum Gasteiger partial charge on any atom is 0.236 e. The molecule has 0 atom stereocenters. The third-order valence-electron chi connectivity index (χ3n) is 4.56. The predicted octanol–water partition coefficient (Wildman–Crippen LogP) is 1.92. The molecule has 0 N–H and O–H groups in total. The second-order valence-electron chi connectivity index (χ2n) is 6.55. The van der Waals surface area contributed by atoms with Crippen LogP contribution < -0.4 is 9.64 Å². The van der Waals surface area contributed by atoms with Crippen LogP contribution in [0.25, 0.3) is 0 Å². The summed E-state index contributed by atoms with van der Waals surface area (Å²) in [6, 6.07) is 7.32. The summed E-state index contributed by atoms with van der Waals surface area (Å²) in [5.41, 5.74) is 0.964. The van der Waals surface area contributed by atoms with Crippen LogP contribution in [0, 0.1) is 0 Å². The number of amides is 1. The maximum atomic E-state index is 12.6. The number of carbonyl (C=O) groups excluding carboxylic acids is 1. The molecule has 1 aromatic carbocycles. The Morgan fingerprint density at radius 1 is 1.22 bits per heavy atom. The van der Waals surface area contributed by atoms with Gasteiger partial charge in [-0.1, -0.05) is 11.6 Å². The van der Waals surface area contributed by atoms with Gasteiger partial charge in [-0.25, -0.2) is 9.97 Å². The number of anilines is 1. The van der Waals surface area contributed by atoms with Crippen molar-refractivity contribution in [3.05, 3.63) is 47.2 Å². The molecule has 1 saturated heterocycles. The highest BCUT2D eigenvalue weighted by molar-refractivity contribution is 6.30. The Morgan fingerprint density at radius 2 is 1.93 bits per heavy atom. The quantitative estimate of drug-likeness (QED) is 0.752. The van der Waals surface area contributed by atoms with Gasteiger partial charge in [-0.2, -0.15) is 0 Å². The number of benzene rings is 1. The molecule has 8 heteroatoms. The van der Waals surface area contributed by atoms with Crippen molar-refractivity contribution in [2.24, 2.45) is 0 Å². The Morgan fingerprint density at radius 3 is 2.59 bits per heavy atom. The van der Waals surface area contributed by atoms with Crippen LogP contribution in [0.1, 0.15) is 5.56 Å². The van der Waals surface area contributed by atoms with Crippen LogP contribution in [-0.4, -0.2) is 72.6 Å². The van der Waals surface area contributed by atoms with Crippen molar-refractivity contribution in [3.63, 3.8) is 0 Å². The largest absolute Gasteiger partial charge is 0.496 e. The molecule has 0 aliphatic carbocycles. The molecule has 1 aliphatic rings. The fraction of sp³-hybridized carbons (Fsp3) is 0.421. The summed E-state index contributed by atoms with van der Waals surface area (Å²) < 4.78 is 5.38. The van der Waals surface area contributed by atoms with Crippen molar-refractivity contribution in [2.75, 3.05) is 51.8 Å². The van der Waals surface area contributed by atoms with Gasteiger partial charge in [-0.15, -0.1) is 0 Å². The topological polar surface area (TPSA) is 61.8 Å². The fourth-order valence-corrected chi connectivity index (χ4v) is 3.35. The van der Waals surface area contributed by atoms with E-state index in [0.717, 1.165) is 30.4 Å². The monoisotopic (exact) mass is 389 g/mol. The number of nitrogens with zero attached hydrogens (tertiary/aromatic N) is 5. The molecule has 27 heavy (non-hydrogen) atoms. The van der Waals surface area contributed by atoms with E-state index in [1.807, 2.05) is 29.0 Å². The van der Waals surface area contributed by atoms with Crippen LogP contribution in [0.4, 0.5) is 5.95 Å². The Balaban J connectivity index is 1.51. The number of rotatable bonds is 6. The van der Waals surface area contributed by atoms with E-state index in [2.05, 4.69) is 14.9 Å². The van der Waals surface area contributed by atoms with Crippen molar-refractivity contribution < 1.29 is 9.53 Å². The van der Waals surface area contributed by atoms with Gasteiger partial charge >= 0.3 is 0 Å². The third-order valence-corrected chi connectivity index (χ3v) is 4.79. The van der Waals surface area contributed by atoms with Gasteiger partial charge in [0.15, 0.2) is 0 Å². The number of carbonyl (C=O) groups is 1. The molecule has 3 rings (SSSR count). The Hall–Kier alpha value is -2.38. The summed E-state index contributed by atoms with van der Waals surface area (Å²) in [5, 5.41) is 0.657. The zero-order valence-corrected chi connectivity index (χ0v) is 16.4. The first kappa shape index (κ1) is 19.4. The normalized spacial score (nSPS) is 14.5. The summed E-state index contributed by atoms with van der Waals surface area (Å²) >= 11 is 6.08. The lowest BCUT2D eigenvalue weighted by atomic mass is 10.2. The minimum atomic E-state index is 0.118. The van der Waals surface area contributed by atoms with Gasteiger partial charge in [-0.05, 0) is 31.3 Å². The summed E-state index contributed by atoms with van der Waals surface area (Å²) in [4.78, 5) is 27.2. The van der Waals surface area contributed by atoms with Crippen LogP contribution in [0.2, 0.25) is 5.02 Å². The number of likely N-dealkylation sites (N-methyl/N-ethyl adjacent to an activating group) is 1. The lowest BCUT2D eigenvalue weighted by Gasteiger charge is -2.35. The SMILES string of the molecule is COc1ccc(Cl)cc1CN(C)CC(=O)N1CCN(c2ncccn2)CC1. The molecular weight excluding hydrogens is 366 g/mol. The Bertz CT molecular complexity index is 766. The molecule has 0 radical (unpaired) electrons. The molecule has 1 fully saturated rings. The highest BCUT2D eigenvalue weighted by Gasteiger charge is 2.23. The molecular formula is C19H24ClN5O2. The Labute approximate surface area is 164 Å². The summed E-state index contributed by atoms with van der Waals surface area (Å²) in [6.45, 7) is 3.75. The number of hydrogen-bond acceptors (Lipinski definition) is 6. The number of halogens is 1. The standard InChI is InChI=1S/C19H24ClN5O2/c1-23(13-15-12-16(20)4-5-17(15)27-2)14-18(26)24-8-10-25(11-9-24)19-21-6-3-7-22-19/h3-7,12H,8-11,13-14H2,1-2H3. The average molecular weight is 390 g/mol. The van der Waals surface area contributed by atoms with Crippen molar-refractivity contribution in [2.45, 2.75) is 6.54 Å². The third kappa shape index (κ3) is 5.08. The van der Waals surface area contributed by atoms with Gasteiger partial charge in [0, 0.05) is 55.7 Å². The van der Waals surface area contributed by atoms with Gasteiger partial charge in [-0.3, -0.25) is 9.69 Å². The lowest BCUT2D eigenvalue weighted by molar-refractivity contribution is -0.132. The molecule has 0 spiro atoms. The molecule has 2 heterocycles. The van der Waals surface area contributed by atoms with E-state index in [1.165, 1.54) is 0 Å². The van der Waals surface area contributed by atoms with Crippen molar-refractivity contribution in [1.82, 2.24) is 19.8 Å². The van der Waals surface area contributed by atoms with E-state index < -0.39 is 0 Å². The van der Waals surface area contributed by atoms with Crippen molar-refractivity contribution in [1.29, 1.82) is 0 Å². The second kappa shape index (κ2) is 9.01. The highest BCUT2D eigenvalue weighted by Crippen LogP contribution is 2.23. The zero-order valence-electron chi connectivity index (χ0n) is 15.6. The molecule has 1 aromatic heterocycles. The number of piperazine rings is 1. The van der Waals surface area contributed by atoms with E-state index >= 15 is 0 Å². The molecule has 144 valence electrons. The predicted molar refractivity (Wildman–Crippen MR) is 105 cm³/mol. The van der Waals surface area contributed by atoms with E-state index in [9.17, 15) is 4.79 Å². The van der Waals surface area contributed by atoms with Gasteiger partial charge in [0.25, 0.3) is 0 Å². The zero-order chi connectivity index (χ0) is 19.2. The first-order valence-electron chi connectivity index (χ1n) is 8.87. The van der Waals surface area contributed by atoms with E-state index in [4.69, 9.17) is 16.3 Å². The van der Waals surface area contributed by atoms with Crippen LogP contribution >= 0.6 is 11.6 Å². The van der Waals surface area contributed by atoms with Crippen LogP contribution in [0.5, 0.6) is 5.75 Å².